The number of fused-ring (bicyclic) bond motifs is 3. The number of benzene rings is 2. The van der Waals surface area contributed by atoms with Crippen molar-refractivity contribution in [2.45, 2.75) is 0 Å². The lowest BCUT2D eigenvalue weighted by atomic mass is 10.2. The third-order valence-corrected chi connectivity index (χ3v) is 4.13. The van der Waals surface area contributed by atoms with Gasteiger partial charge in [0.15, 0.2) is 0 Å². The molecule has 0 aliphatic heterocycles. The Balaban J connectivity index is 2.00. The van der Waals surface area contributed by atoms with E-state index in [1.165, 1.54) is 6.07 Å². The first-order valence-corrected chi connectivity index (χ1v) is 7.60. The first kappa shape index (κ1) is 13.8. The van der Waals surface area contributed by atoms with E-state index in [-0.39, 0.29) is 5.69 Å². The van der Waals surface area contributed by atoms with E-state index in [1.807, 2.05) is 18.2 Å². The van der Waals surface area contributed by atoms with E-state index in [9.17, 15) is 10.1 Å². The number of nitrogens with zero attached hydrogens (tertiary/aromatic N) is 3. The second-order valence-corrected chi connectivity index (χ2v) is 5.96. The van der Waals surface area contributed by atoms with Crippen LogP contribution >= 0.6 is 15.9 Å². The fourth-order valence-electron chi connectivity index (χ4n) is 2.59. The smallest absolute Gasteiger partial charge is 0.280 e. The van der Waals surface area contributed by atoms with Crippen molar-refractivity contribution in [1.29, 1.82) is 0 Å². The van der Waals surface area contributed by atoms with Gasteiger partial charge in [0, 0.05) is 15.9 Å². The summed E-state index contributed by atoms with van der Waals surface area (Å²) in [4.78, 5) is 22.9. The fraction of sp³-hybridized carbons (Fsp3) is 0. The molecule has 0 atom stereocenters. The van der Waals surface area contributed by atoms with Gasteiger partial charge in [-0.15, -0.1) is 0 Å². The zero-order valence-corrected chi connectivity index (χ0v) is 13.2. The minimum Gasteiger partial charge on any atom is -0.336 e. The number of aromatic nitrogens is 3. The largest absolute Gasteiger partial charge is 0.336 e. The van der Waals surface area contributed by atoms with Crippen LogP contribution in [0.5, 0.6) is 0 Å². The molecule has 7 heteroatoms. The minimum atomic E-state index is -0.407. The SMILES string of the molecule is O=[N+]([O-])c1ccccc1-c1nc2c(cnc3cc(Br)ccc32)[nH]1. The Labute approximate surface area is 138 Å². The summed E-state index contributed by atoms with van der Waals surface area (Å²) in [5.74, 6) is 0.463. The molecule has 2 aromatic carbocycles. The quantitative estimate of drug-likeness (QED) is 0.418. The summed E-state index contributed by atoms with van der Waals surface area (Å²) >= 11 is 3.42. The number of nitro groups is 1. The average Bonchev–Trinajstić information content (AvgIpc) is 2.98. The van der Waals surface area contributed by atoms with Crippen LogP contribution in [-0.4, -0.2) is 19.9 Å². The van der Waals surface area contributed by atoms with Gasteiger partial charge in [0.2, 0.25) is 0 Å². The fourth-order valence-corrected chi connectivity index (χ4v) is 2.94. The van der Waals surface area contributed by atoms with Crippen molar-refractivity contribution < 1.29 is 4.92 Å². The lowest BCUT2D eigenvalue weighted by molar-refractivity contribution is -0.384. The Morgan fingerprint density at radius 1 is 1.17 bits per heavy atom. The number of H-pyrrole nitrogens is 1. The van der Waals surface area contributed by atoms with Crippen LogP contribution in [0.15, 0.2) is 53.1 Å². The number of halogens is 1. The summed E-state index contributed by atoms with van der Waals surface area (Å²) in [6, 6.07) is 12.3. The van der Waals surface area contributed by atoms with Gasteiger partial charge in [0.1, 0.15) is 5.82 Å². The number of nitro benzene ring substituents is 1. The Kier molecular flexibility index (Phi) is 3.09. The molecule has 0 spiro atoms. The van der Waals surface area contributed by atoms with Crippen molar-refractivity contribution in [2.24, 2.45) is 0 Å². The zero-order valence-electron chi connectivity index (χ0n) is 11.7. The van der Waals surface area contributed by atoms with Gasteiger partial charge < -0.3 is 4.98 Å². The third-order valence-electron chi connectivity index (χ3n) is 3.64. The van der Waals surface area contributed by atoms with Crippen LogP contribution in [0.1, 0.15) is 0 Å². The molecule has 4 aromatic rings. The number of nitrogens with one attached hydrogen (secondary N) is 1. The molecule has 0 saturated carbocycles. The van der Waals surface area contributed by atoms with Crippen LogP contribution in [-0.2, 0) is 0 Å². The molecule has 6 nitrogen and oxygen atoms in total. The maximum atomic E-state index is 11.2. The van der Waals surface area contributed by atoms with Gasteiger partial charge in [0.25, 0.3) is 5.69 Å². The molecule has 0 radical (unpaired) electrons. The van der Waals surface area contributed by atoms with E-state index in [0.29, 0.717) is 11.4 Å². The Morgan fingerprint density at radius 2 is 2.00 bits per heavy atom. The average molecular weight is 369 g/mol. The van der Waals surface area contributed by atoms with Gasteiger partial charge in [-0.25, -0.2) is 4.98 Å². The van der Waals surface area contributed by atoms with E-state index in [1.54, 1.807) is 24.4 Å². The molecular weight excluding hydrogens is 360 g/mol. The van der Waals surface area contributed by atoms with Crippen molar-refractivity contribution in [2.75, 3.05) is 0 Å². The molecule has 0 amide bonds. The van der Waals surface area contributed by atoms with Crippen molar-refractivity contribution in [3.05, 3.63) is 63.2 Å². The second kappa shape index (κ2) is 5.13. The molecule has 0 aliphatic carbocycles. The number of para-hydroxylation sites is 1. The van der Waals surface area contributed by atoms with Crippen molar-refractivity contribution in [1.82, 2.24) is 15.0 Å². The van der Waals surface area contributed by atoms with Gasteiger partial charge in [0.05, 0.1) is 33.2 Å². The number of pyridine rings is 1. The van der Waals surface area contributed by atoms with Gasteiger partial charge in [-0.3, -0.25) is 15.1 Å². The van der Waals surface area contributed by atoms with Crippen LogP contribution in [0.25, 0.3) is 33.3 Å². The third kappa shape index (κ3) is 2.25. The van der Waals surface area contributed by atoms with Gasteiger partial charge in [-0.2, -0.15) is 0 Å². The Hall–Kier alpha value is -2.80. The molecule has 0 unspecified atom stereocenters. The van der Waals surface area contributed by atoms with Crippen molar-refractivity contribution >= 4 is 43.6 Å². The highest BCUT2D eigenvalue weighted by molar-refractivity contribution is 9.10. The molecule has 0 fully saturated rings. The Morgan fingerprint density at radius 3 is 2.83 bits per heavy atom. The van der Waals surface area contributed by atoms with Crippen LogP contribution in [0, 0.1) is 10.1 Å². The number of hydrogen-bond acceptors (Lipinski definition) is 4. The maximum absolute atomic E-state index is 11.2. The molecule has 0 bridgehead atoms. The van der Waals surface area contributed by atoms with E-state index in [4.69, 9.17) is 0 Å². The van der Waals surface area contributed by atoms with Crippen LogP contribution in [0.2, 0.25) is 0 Å². The van der Waals surface area contributed by atoms with Crippen LogP contribution in [0.4, 0.5) is 5.69 Å². The number of imidazole rings is 1. The van der Waals surface area contributed by atoms with Crippen LogP contribution < -0.4 is 0 Å². The lowest BCUT2D eigenvalue weighted by Gasteiger charge is -1.98. The maximum Gasteiger partial charge on any atom is 0.280 e. The predicted molar refractivity (Wildman–Crippen MR) is 91.2 cm³/mol. The summed E-state index contributed by atoms with van der Waals surface area (Å²) in [6.07, 6.45) is 1.69. The standard InChI is InChI=1S/C16H9BrN4O2/c17-9-5-6-10-12(7-9)18-8-13-15(10)20-16(19-13)11-3-1-2-4-14(11)21(22)23/h1-8H,(H,19,20). The molecule has 0 saturated heterocycles. The number of hydrogen-bond donors (Lipinski definition) is 1. The van der Waals surface area contributed by atoms with E-state index < -0.39 is 4.92 Å². The summed E-state index contributed by atoms with van der Waals surface area (Å²) in [7, 11) is 0. The highest BCUT2D eigenvalue weighted by Gasteiger charge is 2.18. The topological polar surface area (TPSA) is 84.7 Å². The second-order valence-electron chi connectivity index (χ2n) is 5.04. The van der Waals surface area contributed by atoms with E-state index in [2.05, 4.69) is 30.9 Å². The molecule has 4 rings (SSSR count). The summed E-state index contributed by atoms with van der Waals surface area (Å²) in [6.45, 7) is 0. The first-order chi connectivity index (χ1) is 11.1. The molecule has 2 heterocycles. The van der Waals surface area contributed by atoms with Crippen LogP contribution in [0.3, 0.4) is 0 Å². The zero-order chi connectivity index (χ0) is 16.0. The minimum absolute atomic E-state index is 0.0200. The highest BCUT2D eigenvalue weighted by atomic mass is 79.9. The number of rotatable bonds is 2. The van der Waals surface area contributed by atoms with E-state index >= 15 is 0 Å². The lowest BCUT2D eigenvalue weighted by Crippen LogP contribution is -1.92. The number of aromatic amines is 1. The van der Waals surface area contributed by atoms with Gasteiger partial charge >= 0.3 is 0 Å². The van der Waals surface area contributed by atoms with E-state index in [0.717, 1.165) is 26.4 Å². The normalized spacial score (nSPS) is 11.2. The monoisotopic (exact) mass is 368 g/mol. The molecule has 23 heavy (non-hydrogen) atoms. The Bertz CT molecular complexity index is 1070. The molecule has 0 aliphatic rings. The van der Waals surface area contributed by atoms with Gasteiger partial charge in [-0.1, -0.05) is 28.1 Å². The summed E-state index contributed by atoms with van der Waals surface area (Å²) < 4.78 is 0.936. The summed E-state index contributed by atoms with van der Waals surface area (Å²) in [5, 5.41) is 12.1. The molecular formula is C16H9BrN4O2. The predicted octanol–water partition coefficient (Wildman–Crippen LogP) is 4.45. The highest BCUT2D eigenvalue weighted by Crippen LogP contribution is 2.31. The van der Waals surface area contributed by atoms with Gasteiger partial charge in [-0.05, 0) is 24.3 Å². The molecule has 112 valence electrons. The van der Waals surface area contributed by atoms with Crippen molar-refractivity contribution in [3.63, 3.8) is 0 Å². The summed E-state index contributed by atoms with van der Waals surface area (Å²) in [5.41, 5.74) is 2.78. The first-order valence-electron chi connectivity index (χ1n) is 6.81. The molecule has 2 aromatic heterocycles. The van der Waals surface area contributed by atoms with Crippen molar-refractivity contribution in [3.8, 4) is 11.4 Å². The molecule has 1 N–H and O–H groups in total.